The van der Waals surface area contributed by atoms with E-state index < -0.39 is 50.4 Å². The van der Waals surface area contributed by atoms with Gasteiger partial charge in [-0.2, -0.15) is 13.2 Å². The first-order valence-electron chi connectivity index (χ1n) is 9.01. The van der Waals surface area contributed by atoms with Gasteiger partial charge in [0, 0.05) is 11.4 Å². The van der Waals surface area contributed by atoms with Gasteiger partial charge in [-0.25, -0.2) is 13.3 Å². The number of sulfone groups is 1. The highest BCUT2D eigenvalue weighted by molar-refractivity contribution is 7.91. The molecule has 0 saturated heterocycles. The lowest BCUT2D eigenvalue weighted by atomic mass is 10.1. The maximum absolute atomic E-state index is 13.1. The summed E-state index contributed by atoms with van der Waals surface area (Å²) in [6.45, 7) is 7.71. The quantitative estimate of drug-likeness (QED) is 0.394. The van der Waals surface area contributed by atoms with Crippen LogP contribution in [0.3, 0.4) is 0 Å². The third-order valence-electron chi connectivity index (χ3n) is 4.26. The van der Waals surface area contributed by atoms with E-state index in [2.05, 4.69) is 10.2 Å². The van der Waals surface area contributed by atoms with E-state index in [1.807, 2.05) is 5.32 Å². The minimum Gasteiger partial charge on any atom is -0.379 e. The number of nitrogens with one attached hydrogen (secondary N) is 2. The third-order valence-corrected chi connectivity index (χ3v) is 6.43. The number of nitrogens with zero attached hydrogens (tertiary/aromatic N) is 1. The predicted octanol–water partition coefficient (Wildman–Crippen LogP) is 3.60. The number of hydrogen-bond acceptors (Lipinski definition) is 5. The number of alkyl halides is 4. The van der Waals surface area contributed by atoms with Gasteiger partial charge in [-0.05, 0) is 43.3 Å². The Morgan fingerprint density at radius 3 is 2.18 bits per heavy atom. The van der Waals surface area contributed by atoms with Crippen molar-refractivity contribution >= 4 is 50.3 Å². The van der Waals surface area contributed by atoms with E-state index in [4.69, 9.17) is 18.2 Å². The van der Waals surface area contributed by atoms with Crippen LogP contribution >= 0.6 is 11.6 Å². The van der Waals surface area contributed by atoms with Crippen molar-refractivity contribution in [1.29, 1.82) is 0 Å². The molecule has 2 amide bonds. The fraction of sp³-hybridized carbons (Fsp3) is 0.250. The van der Waals surface area contributed by atoms with Crippen molar-refractivity contribution in [1.82, 2.24) is 0 Å². The summed E-state index contributed by atoms with van der Waals surface area (Å²) in [5, 5.41) is 14.9. The number of anilines is 2. The lowest BCUT2D eigenvalue weighted by Crippen LogP contribution is -2.45. The molecule has 1 atom stereocenters. The zero-order valence-electron chi connectivity index (χ0n) is 16.9. The number of carbonyl (C=O) groups is 2. The third kappa shape index (κ3) is 6.67. The molecule has 0 bridgehead atoms. The van der Waals surface area contributed by atoms with Crippen molar-refractivity contribution < 1.29 is 36.3 Å². The molecule has 0 aliphatic carbocycles. The van der Waals surface area contributed by atoms with Gasteiger partial charge in [-0.15, -0.1) is 11.6 Å². The molecule has 0 unspecified atom stereocenters. The van der Waals surface area contributed by atoms with Crippen molar-refractivity contribution in [3.05, 3.63) is 59.4 Å². The second-order valence-corrected chi connectivity index (χ2v) is 9.29. The van der Waals surface area contributed by atoms with Crippen molar-refractivity contribution in [3.8, 4) is 0 Å². The Balaban J connectivity index is 2.20. The molecule has 0 fully saturated rings. The zero-order valence-corrected chi connectivity index (χ0v) is 18.5. The average Bonchev–Trinajstić information content (AvgIpc) is 2.72. The van der Waals surface area contributed by atoms with Gasteiger partial charge < -0.3 is 15.7 Å². The SMILES string of the molecule is [C-]#[N+]c1ccc(NC(=O)[C@@](C)(O)CS(=O)(=O)c2ccc(NC(=O)CCl)cc2)cc1C(F)(F)F. The van der Waals surface area contributed by atoms with Crippen LogP contribution in [0.25, 0.3) is 4.85 Å². The van der Waals surface area contributed by atoms with Crippen LogP contribution in [0.15, 0.2) is 47.4 Å². The second kappa shape index (κ2) is 9.78. The van der Waals surface area contributed by atoms with Crippen LogP contribution in [0.5, 0.6) is 0 Å². The molecule has 0 radical (unpaired) electrons. The molecule has 13 heteroatoms. The predicted molar refractivity (Wildman–Crippen MR) is 115 cm³/mol. The van der Waals surface area contributed by atoms with E-state index in [1.54, 1.807) is 0 Å². The zero-order chi connectivity index (χ0) is 25.0. The summed E-state index contributed by atoms with van der Waals surface area (Å²) < 4.78 is 64.6. The van der Waals surface area contributed by atoms with Gasteiger partial charge in [0.1, 0.15) is 5.88 Å². The van der Waals surface area contributed by atoms with Crippen LogP contribution in [0.1, 0.15) is 12.5 Å². The van der Waals surface area contributed by atoms with Crippen molar-refractivity contribution in [2.75, 3.05) is 22.3 Å². The largest absolute Gasteiger partial charge is 0.407 e. The highest BCUT2D eigenvalue weighted by atomic mass is 35.5. The summed E-state index contributed by atoms with van der Waals surface area (Å²) in [4.78, 5) is 26.2. The smallest absolute Gasteiger partial charge is 0.379 e. The van der Waals surface area contributed by atoms with Gasteiger partial charge >= 0.3 is 6.18 Å². The Kier molecular flexibility index (Phi) is 7.74. The molecule has 0 aliphatic rings. The Labute approximate surface area is 192 Å². The summed E-state index contributed by atoms with van der Waals surface area (Å²) in [6.07, 6.45) is -4.86. The van der Waals surface area contributed by atoms with E-state index in [0.717, 1.165) is 31.2 Å². The topological polar surface area (TPSA) is 117 Å². The molecule has 2 aromatic rings. The van der Waals surface area contributed by atoms with Crippen molar-refractivity contribution in [3.63, 3.8) is 0 Å². The first-order valence-corrected chi connectivity index (χ1v) is 11.2. The summed E-state index contributed by atoms with van der Waals surface area (Å²) in [5.74, 6) is -3.15. The van der Waals surface area contributed by atoms with E-state index in [9.17, 15) is 36.3 Å². The van der Waals surface area contributed by atoms with Gasteiger partial charge in [0.25, 0.3) is 5.91 Å². The van der Waals surface area contributed by atoms with E-state index in [1.165, 1.54) is 12.1 Å². The van der Waals surface area contributed by atoms with E-state index in [0.29, 0.717) is 6.07 Å². The molecule has 0 spiro atoms. The maximum Gasteiger partial charge on any atom is 0.407 e. The van der Waals surface area contributed by atoms with Crippen LogP contribution in [0.2, 0.25) is 0 Å². The van der Waals surface area contributed by atoms with Crippen LogP contribution in [-0.4, -0.2) is 42.6 Å². The van der Waals surface area contributed by atoms with Crippen LogP contribution in [0, 0.1) is 6.57 Å². The standard InChI is InChI=1S/C20H17ClF3N3O5S/c1-19(30,11-33(31,32)14-6-3-12(4-7-14)26-17(28)10-21)18(29)27-13-5-8-16(25-2)15(9-13)20(22,23)24/h3-9,30H,10-11H2,1H3,(H,26,28)(H,27,29)/t19-/m0/s1. The molecule has 0 heterocycles. The van der Waals surface area contributed by atoms with Crippen LogP contribution < -0.4 is 10.6 Å². The van der Waals surface area contributed by atoms with Gasteiger partial charge in [0.2, 0.25) is 5.91 Å². The van der Waals surface area contributed by atoms with Gasteiger partial charge in [0.15, 0.2) is 21.1 Å². The molecule has 0 saturated carbocycles. The number of aliphatic hydroxyl groups is 1. The molecule has 2 rings (SSSR count). The van der Waals surface area contributed by atoms with Crippen molar-refractivity contribution in [2.45, 2.75) is 23.6 Å². The average molecular weight is 504 g/mol. The molecule has 3 N–H and O–H groups in total. The monoisotopic (exact) mass is 503 g/mol. The Hall–Kier alpha value is -3.14. The first-order chi connectivity index (χ1) is 15.2. The highest BCUT2D eigenvalue weighted by Gasteiger charge is 2.38. The maximum atomic E-state index is 13.1. The van der Waals surface area contributed by atoms with Gasteiger partial charge in [0.05, 0.1) is 22.8 Å². The molecule has 0 aliphatic heterocycles. The number of rotatable bonds is 7. The minimum absolute atomic E-state index is 0.264. The fourth-order valence-corrected chi connectivity index (χ4v) is 4.32. The van der Waals surface area contributed by atoms with Crippen LogP contribution in [-0.2, 0) is 25.6 Å². The normalized spacial score (nSPS) is 13.5. The number of benzene rings is 2. The van der Waals surface area contributed by atoms with Gasteiger partial charge in [-0.3, -0.25) is 9.59 Å². The van der Waals surface area contributed by atoms with E-state index in [-0.39, 0.29) is 22.2 Å². The van der Waals surface area contributed by atoms with E-state index >= 15 is 0 Å². The molecule has 2 aromatic carbocycles. The lowest BCUT2D eigenvalue weighted by Gasteiger charge is -2.22. The Morgan fingerprint density at radius 2 is 1.67 bits per heavy atom. The lowest BCUT2D eigenvalue weighted by molar-refractivity contribution is -0.137. The number of hydrogen-bond donors (Lipinski definition) is 3. The first kappa shape index (κ1) is 26.1. The second-order valence-electron chi connectivity index (χ2n) is 7.03. The Bertz CT molecular complexity index is 1210. The summed E-state index contributed by atoms with van der Waals surface area (Å²) in [5.41, 5.74) is -4.59. The van der Waals surface area contributed by atoms with Crippen molar-refractivity contribution in [2.24, 2.45) is 0 Å². The molecule has 33 heavy (non-hydrogen) atoms. The van der Waals surface area contributed by atoms with Gasteiger partial charge in [-0.1, -0.05) is 6.07 Å². The number of amides is 2. The summed E-state index contributed by atoms with van der Waals surface area (Å²) in [6, 6.07) is 7.25. The number of halogens is 4. The van der Waals surface area contributed by atoms with Crippen LogP contribution in [0.4, 0.5) is 30.2 Å². The Morgan fingerprint density at radius 1 is 1.09 bits per heavy atom. The molecule has 0 aromatic heterocycles. The summed E-state index contributed by atoms with van der Waals surface area (Å²) in [7, 11) is -4.22. The minimum atomic E-state index is -4.86. The fourth-order valence-electron chi connectivity index (χ4n) is 2.66. The molecule has 176 valence electrons. The number of carbonyl (C=O) groups excluding carboxylic acids is 2. The molecular weight excluding hydrogens is 487 g/mol. The molecular formula is C20H17ClF3N3O5S. The summed E-state index contributed by atoms with van der Waals surface area (Å²) >= 11 is 5.37. The highest BCUT2D eigenvalue weighted by Crippen LogP contribution is 2.38. The molecule has 8 nitrogen and oxygen atoms in total.